The molecule has 2 fully saturated rings. The van der Waals surface area contributed by atoms with E-state index in [4.69, 9.17) is 0 Å². The summed E-state index contributed by atoms with van der Waals surface area (Å²) >= 11 is 0. The molecule has 76 valence electrons. The predicted octanol–water partition coefficient (Wildman–Crippen LogP) is 1.68. The van der Waals surface area contributed by atoms with Gasteiger partial charge in [0, 0.05) is 12.6 Å². The van der Waals surface area contributed by atoms with Crippen molar-refractivity contribution in [2.24, 2.45) is 5.41 Å². The van der Waals surface area contributed by atoms with Gasteiger partial charge in [-0.15, -0.1) is 0 Å². The minimum Gasteiger partial charge on any atom is -0.392 e. The van der Waals surface area contributed by atoms with Crippen molar-refractivity contribution in [2.75, 3.05) is 6.54 Å². The highest BCUT2D eigenvalue weighted by atomic mass is 16.3. The Hall–Kier alpha value is -0.0800. The zero-order valence-electron chi connectivity index (χ0n) is 8.55. The highest BCUT2D eigenvalue weighted by molar-refractivity contribution is 4.89. The van der Waals surface area contributed by atoms with Gasteiger partial charge in [0.25, 0.3) is 0 Å². The maximum Gasteiger partial charge on any atom is 0.0693 e. The van der Waals surface area contributed by atoms with Gasteiger partial charge >= 0.3 is 0 Å². The van der Waals surface area contributed by atoms with Crippen molar-refractivity contribution in [3.05, 3.63) is 0 Å². The van der Waals surface area contributed by atoms with Gasteiger partial charge in [-0.1, -0.05) is 13.3 Å². The largest absolute Gasteiger partial charge is 0.392 e. The van der Waals surface area contributed by atoms with Gasteiger partial charge in [-0.05, 0) is 37.5 Å². The summed E-state index contributed by atoms with van der Waals surface area (Å²) in [6.07, 6.45) is 7.39. The van der Waals surface area contributed by atoms with Gasteiger partial charge in [0.05, 0.1) is 6.10 Å². The molecule has 0 amide bonds. The van der Waals surface area contributed by atoms with Crippen LogP contribution in [0.2, 0.25) is 0 Å². The molecule has 0 aromatic carbocycles. The molecule has 0 aromatic heterocycles. The maximum atomic E-state index is 9.61. The van der Waals surface area contributed by atoms with Crippen molar-refractivity contribution in [1.82, 2.24) is 5.32 Å². The summed E-state index contributed by atoms with van der Waals surface area (Å²) in [6, 6.07) is 0.387. The van der Waals surface area contributed by atoms with Gasteiger partial charge in [-0.2, -0.15) is 0 Å². The molecule has 2 rings (SSSR count). The van der Waals surface area contributed by atoms with E-state index in [1.165, 1.54) is 25.7 Å². The normalized spacial score (nSPS) is 37.4. The summed E-state index contributed by atoms with van der Waals surface area (Å²) in [5.41, 5.74) is 0.544. The first-order valence-corrected chi connectivity index (χ1v) is 5.61. The van der Waals surface area contributed by atoms with Crippen LogP contribution >= 0.6 is 0 Å². The number of nitrogens with one attached hydrogen (secondary N) is 1. The lowest BCUT2D eigenvalue weighted by atomic mass is 9.70. The minimum absolute atomic E-state index is 0.0799. The first-order chi connectivity index (χ1) is 6.20. The first-order valence-electron chi connectivity index (χ1n) is 5.61. The third-order valence-corrected chi connectivity index (χ3v) is 3.83. The third kappa shape index (κ3) is 2.05. The van der Waals surface area contributed by atoms with Gasteiger partial charge in [-0.3, -0.25) is 0 Å². The predicted molar refractivity (Wildman–Crippen MR) is 53.6 cm³/mol. The fraction of sp³-hybridized carbons (Fsp3) is 1.00. The van der Waals surface area contributed by atoms with Gasteiger partial charge in [0.15, 0.2) is 0 Å². The molecule has 0 heterocycles. The molecule has 0 spiro atoms. The Labute approximate surface area is 80.7 Å². The smallest absolute Gasteiger partial charge is 0.0693 e. The number of aliphatic hydroxyl groups excluding tert-OH is 1. The molecule has 2 saturated carbocycles. The van der Waals surface area contributed by atoms with E-state index in [0.29, 0.717) is 11.5 Å². The van der Waals surface area contributed by atoms with E-state index in [1.807, 2.05) is 0 Å². The lowest BCUT2D eigenvalue weighted by molar-refractivity contribution is 0.114. The molecular formula is C11H21NO. The summed E-state index contributed by atoms with van der Waals surface area (Å²) < 4.78 is 0. The number of hydrogen-bond donors (Lipinski definition) is 2. The molecule has 0 aromatic rings. The molecule has 2 heteroatoms. The zero-order valence-corrected chi connectivity index (χ0v) is 8.55. The molecule has 0 aliphatic heterocycles. The topological polar surface area (TPSA) is 32.3 Å². The van der Waals surface area contributed by atoms with Crippen molar-refractivity contribution in [2.45, 2.75) is 57.6 Å². The van der Waals surface area contributed by atoms with Crippen LogP contribution in [0.25, 0.3) is 0 Å². The average Bonchev–Trinajstić information content (AvgIpc) is 2.44. The first kappa shape index (κ1) is 9.47. The average molecular weight is 183 g/mol. The fourth-order valence-electron chi connectivity index (χ4n) is 2.51. The summed E-state index contributed by atoms with van der Waals surface area (Å²) in [5.74, 6) is 0. The van der Waals surface area contributed by atoms with Crippen LogP contribution in [0.3, 0.4) is 0 Å². The summed E-state index contributed by atoms with van der Waals surface area (Å²) in [5, 5.41) is 13.1. The van der Waals surface area contributed by atoms with Gasteiger partial charge in [-0.25, -0.2) is 0 Å². The Morgan fingerprint density at radius 2 is 2.08 bits per heavy atom. The standard InChI is InChI=1S/C11H21NO/c1-11(6-3-7-11)8-12-9-4-2-5-10(9)13/h9-10,12-13H,2-8H2,1H3. The molecule has 2 atom stereocenters. The maximum absolute atomic E-state index is 9.61. The van der Waals surface area contributed by atoms with Crippen LogP contribution in [0.15, 0.2) is 0 Å². The minimum atomic E-state index is -0.0799. The Morgan fingerprint density at radius 3 is 2.54 bits per heavy atom. The molecule has 2 aliphatic carbocycles. The third-order valence-electron chi connectivity index (χ3n) is 3.83. The van der Waals surface area contributed by atoms with E-state index < -0.39 is 0 Å². The van der Waals surface area contributed by atoms with Crippen molar-refractivity contribution in [1.29, 1.82) is 0 Å². The van der Waals surface area contributed by atoms with Crippen LogP contribution in [-0.2, 0) is 0 Å². The molecule has 2 N–H and O–H groups in total. The molecule has 0 saturated heterocycles. The van der Waals surface area contributed by atoms with E-state index in [9.17, 15) is 5.11 Å². The van der Waals surface area contributed by atoms with Crippen molar-refractivity contribution in [3.8, 4) is 0 Å². The van der Waals surface area contributed by atoms with Crippen molar-refractivity contribution >= 4 is 0 Å². The van der Waals surface area contributed by atoms with Crippen LogP contribution in [0.5, 0.6) is 0 Å². The van der Waals surface area contributed by atoms with Crippen molar-refractivity contribution < 1.29 is 5.11 Å². The van der Waals surface area contributed by atoms with Crippen LogP contribution < -0.4 is 5.32 Å². The Bertz CT molecular complexity index is 177. The second-order valence-electron chi connectivity index (χ2n) is 5.15. The van der Waals surface area contributed by atoms with Crippen LogP contribution in [-0.4, -0.2) is 23.8 Å². The monoisotopic (exact) mass is 183 g/mol. The molecule has 0 radical (unpaired) electrons. The second-order valence-corrected chi connectivity index (χ2v) is 5.15. The van der Waals surface area contributed by atoms with Crippen LogP contribution in [0, 0.1) is 5.41 Å². The number of rotatable bonds is 3. The lowest BCUT2D eigenvalue weighted by Gasteiger charge is -2.39. The summed E-state index contributed by atoms with van der Waals surface area (Å²) in [7, 11) is 0. The molecule has 2 nitrogen and oxygen atoms in total. The van der Waals surface area contributed by atoms with Crippen molar-refractivity contribution in [3.63, 3.8) is 0 Å². The number of hydrogen-bond acceptors (Lipinski definition) is 2. The van der Waals surface area contributed by atoms with E-state index in [2.05, 4.69) is 12.2 Å². The Kier molecular flexibility index (Phi) is 2.61. The SMILES string of the molecule is CC1(CNC2CCCC2O)CCC1. The van der Waals surface area contributed by atoms with Gasteiger partial charge < -0.3 is 10.4 Å². The Balaban J connectivity index is 1.72. The zero-order chi connectivity index (χ0) is 9.31. The number of aliphatic hydroxyl groups is 1. The van der Waals surface area contributed by atoms with Gasteiger partial charge in [0.1, 0.15) is 0 Å². The van der Waals surface area contributed by atoms with E-state index in [0.717, 1.165) is 19.4 Å². The van der Waals surface area contributed by atoms with E-state index in [-0.39, 0.29) is 6.10 Å². The summed E-state index contributed by atoms with van der Waals surface area (Å²) in [6.45, 7) is 3.46. The molecule has 2 aliphatic rings. The lowest BCUT2D eigenvalue weighted by Crippen LogP contribution is -2.44. The highest BCUT2D eigenvalue weighted by Gasteiger charge is 2.33. The second kappa shape index (κ2) is 3.58. The Morgan fingerprint density at radius 1 is 1.31 bits per heavy atom. The van der Waals surface area contributed by atoms with Crippen LogP contribution in [0.4, 0.5) is 0 Å². The summed E-state index contributed by atoms with van der Waals surface area (Å²) in [4.78, 5) is 0. The van der Waals surface area contributed by atoms with E-state index >= 15 is 0 Å². The van der Waals surface area contributed by atoms with Crippen LogP contribution in [0.1, 0.15) is 45.4 Å². The van der Waals surface area contributed by atoms with Gasteiger partial charge in [0.2, 0.25) is 0 Å². The molecule has 2 unspecified atom stereocenters. The molecule has 0 bridgehead atoms. The molecule has 13 heavy (non-hydrogen) atoms. The van der Waals surface area contributed by atoms with E-state index in [1.54, 1.807) is 0 Å². The fourth-order valence-corrected chi connectivity index (χ4v) is 2.51. The highest BCUT2D eigenvalue weighted by Crippen LogP contribution is 2.39. The quantitative estimate of drug-likeness (QED) is 0.697. The molecular weight excluding hydrogens is 162 g/mol.